The van der Waals surface area contributed by atoms with Gasteiger partial charge in [0.2, 0.25) is 0 Å². The third-order valence-corrected chi connectivity index (χ3v) is 4.36. The van der Waals surface area contributed by atoms with Crippen LogP contribution in [-0.4, -0.2) is 33.3 Å². The Hall–Kier alpha value is -3.14. The van der Waals surface area contributed by atoms with E-state index >= 15 is 0 Å². The van der Waals surface area contributed by atoms with Crippen molar-refractivity contribution in [2.24, 2.45) is 0 Å². The highest BCUT2D eigenvalue weighted by Crippen LogP contribution is 2.36. The van der Waals surface area contributed by atoms with Crippen LogP contribution in [0.15, 0.2) is 72.8 Å². The molecular weight excluding hydrogens is 322 g/mol. The summed E-state index contributed by atoms with van der Waals surface area (Å²) in [6.45, 7) is 0. The molecule has 1 N–H and O–H groups in total. The van der Waals surface area contributed by atoms with Crippen molar-refractivity contribution in [2.45, 2.75) is 0 Å². The standard InChI is InChI=1S/C22H25N3O/c1-23(2)17-5-9-19(10-6-17)25(21-13-15-22(26)16-14-21)20-11-7-18(8-12-20)24(3)4/h5-16,26H,1-4H3. The van der Waals surface area contributed by atoms with E-state index in [0.717, 1.165) is 28.4 Å². The number of phenols is 1. The molecule has 3 rings (SSSR count). The van der Waals surface area contributed by atoms with Crippen LogP contribution < -0.4 is 14.7 Å². The molecule has 134 valence electrons. The Bertz CT molecular complexity index is 787. The molecule has 3 aromatic rings. The molecule has 0 spiro atoms. The van der Waals surface area contributed by atoms with E-state index in [1.165, 1.54) is 0 Å². The van der Waals surface area contributed by atoms with Crippen molar-refractivity contribution in [2.75, 3.05) is 42.9 Å². The molecule has 3 aromatic carbocycles. The molecule has 0 heterocycles. The van der Waals surface area contributed by atoms with Gasteiger partial charge in [0.15, 0.2) is 0 Å². The van der Waals surface area contributed by atoms with Crippen molar-refractivity contribution >= 4 is 28.4 Å². The summed E-state index contributed by atoms with van der Waals surface area (Å²) in [5, 5.41) is 9.64. The van der Waals surface area contributed by atoms with Crippen molar-refractivity contribution in [1.29, 1.82) is 0 Å². The van der Waals surface area contributed by atoms with Gasteiger partial charge in [-0.25, -0.2) is 0 Å². The second kappa shape index (κ2) is 7.40. The number of aromatic hydroxyl groups is 1. The summed E-state index contributed by atoms with van der Waals surface area (Å²) in [6, 6.07) is 24.2. The van der Waals surface area contributed by atoms with Crippen LogP contribution in [0.25, 0.3) is 0 Å². The van der Waals surface area contributed by atoms with Crippen LogP contribution in [0.3, 0.4) is 0 Å². The largest absolute Gasteiger partial charge is 0.508 e. The van der Waals surface area contributed by atoms with Crippen molar-refractivity contribution in [3.63, 3.8) is 0 Å². The molecule has 0 saturated heterocycles. The second-order valence-corrected chi connectivity index (χ2v) is 6.67. The number of hydrogen-bond acceptors (Lipinski definition) is 4. The lowest BCUT2D eigenvalue weighted by molar-refractivity contribution is 0.475. The lowest BCUT2D eigenvalue weighted by Gasteiger charge is -2.26. The van der Waals surface area contributed by atoms with Crippen molar-refractivity contribution in [3.8, 4) is 5.75 Å². The lowest BCUT2D eigenvalue weighted by atomic mass is 10.1. The number of phenolic OH excluding ortho intramolecular Hbond substituents is 1. The van der Waals surface area contributed by atoms with Crippen LogP contribution in [-0.2, 0) is 0 Å². The minimum absolute atomic E-state index is 0.264. The normalized spacial score (nSPS) is 10.5. The lowest BCUT2D eigenvalue weighted by Crippen LogP contribution is -2.12. The highest BCUT2D eigenvalue weighted by molar-refractivity contribution is 5.78. The van der Waals surface area contributed by atoms with Gasteiger partial charge in [-0.2, -0.15) is 0 Å². The fourth-order valence-corrected chi connectivity index (χ4v) is 2.85. The van der Waals surface area contributed by atoms with Crippen LogP contribution in [0.4, 0.5) is 28.4 Å². The summed E-state index contributed by atoms with van der Waals surface area (Å²) >= 11 is 0. The van der Waals surface area contributed by atoms with E-state index in [2.05, 4.69) is 63.2 Å². The Morgan fingerprint density at radius 2 is 0.731 bits per heavy atom. The van der Waals surface area contributed by atoms with Gasteiger partial charge in [0, 0.05) is 56.6 Å². The summed E-state index contributed by atoms with van der Waals surface area (Å²) < 4.78 is 0. The zero-order valence-electron chi connectivity index (χ0n) is 15.7. The van der Waals surface area contributed by atoms with Gasteiger partial charge in [-0.15, -0.1) is 0 Å². The summed E-state index contributed by atoms with van der Waals surface area (Å²) in [5.74, 6) is 0.264. The Morgan fingerprint density at radius 1 is 0.462 bits per heavy atom. The number of benzene rings is 3. The Kier molecular flexibility index (Phi) is 5.03. The number of rotatable bonds is 5. The molecule has 0 radical (unpaired) electrons. The number of anilines is 5. The maximum atomic E-state index is 9.64. The monoisotopic (exact) mass is 347 g/mol. The Morgan fingerprint density at radius 3 is 1.04 bits per heavy atom. The van der Waals surface area contributed by atoms with Crippen LogP contribution in [0.1, 0.15) is 0 Å². The summed E-state index contributed by atoms with van der Waals surface area (Å²) in [7, 11) is 8.14. The molecule has 0 fully saturated rings. The fourth-order valence-electron chi connectivity index (χ4n) is 2.85. The van der Waals surface area contributed by atoms with E-state index in [0.29, 0.717) is 0 Å². The smallest absolute Gasteiger partial charge is 0.115 e. The predicted octanol–water partition coefficient (Wildman–Crippen LogP) is 4.99. The maximum Gasteiger partial charge on any atom is 0.115 e. The summed E-state index contributed by atoms with van der Waals surface area (Å²) in [5.41, 5.74) is 5.44. The quantitative estimate of drug-likeness (QED) is 0.704. The molecule has 0 amide bonds. The van der Waals surface area contributed by atoms with Gasteiger partial charge in [0.25, 0.3) is 0 Å². The van der Waals surface area contributed by atoms with Gasteiger partial charge in [-0.3, -0.25) is 0 Å². The van der Waals surface area contributed by atoms with Crippen molar-refractivity contribution in [3.05, 3.63) is 72.8 Å². The molecule has 0 saturated carbocycles. The molecule has 0 atom stereocenters. The molecular formula is C22H25N3O. The van der Waals surface area contributed by atoms with E-state index in [9.17, 15) is 5.11 Å². The molecule has 4 heteroatoms. The molecule has 0 bridgehead atoms. The molecule has 0 aliphatic heterocycles. The third kappa shape index (κ3) is 3.75. The SMILES string of the molecule is CN(C)c1ccc(N(c2ccc(O)cc2)c2ccc(N(C)C)cc2)cc1. The zero-order chi connectivity index (χ0) is 18.7. The van der Waals surface area contributed by atoms with Gasteiger partial charge < -0.3 is 19.8 Å². The highest BCUT2D eigenvalue weighted by Gasteiger charge is 2.13. The third-order valence-electron chi connectivity index (χ3n) is 4.36. The highest BCUT2D eigenvalue weighted by atomic mass is 16.3. The van der Waals surface area contributed by atoms with Gasteiger partial charge in [0.05, 0.1) is 0 Å². The van der Waals surface area contributed by atoms with Gasteiger partial charge in [-0.1, -0.05) is 0 Å². The van der Waals surface area contributed by atoms with Gasteiger partial charge in [-0.05, 0) is 72.8 Å². The van der Waals surface area contributed by atoms with Crippen molar-refractivity contribution in [1.82, 2.24) is 0 Å². The first-order valence-electron chi connectivity index (χ1n) is 8.59. The fraction of sp³-hybridized carbons (Fsp3) is 0.182. The zero-order valence-corrected chi connectivity index (χ0v) is 15.7. The van der Waals surface area contributed by atoms with Gasteiger partial charge in [0.1, 0.15) is 5.75 Å². The molecule has 0 unspecified atom stereocenters. The minimum Gasteiger partial charge on any atom is -0.508 e. The minimum atomic E-state index is 0.264. The van der Waals surface area contributed by atoms with Crippen LogP contribution in [0.5, 0.6) is 5.75 Å². The molecule has 0 aliphatic carbocycles. The summed E-state index contributed by atoms with van der Waals surface area (Å²) in [4.78, 5) is 6.35. The average Bonchev–Trinajstić information content (AvgIpc) is 2.64. The van der Waals surface area contributed by atoms with Crippen LogP contribution in [0, 0.1) is 0 Å². The maximum absolute atomic E-state index is 9.64. The van der Waals surface area contributed by atoms with E-state index in [1.807, 2.05) is 40.3 Å². The van der Waals surface area contributed by atoms with Crippen LogP contribution in [0.2, 0.25) is 0 Å². The first kappa shape index (κ1) is 17.7. The predicted molar refractivity (Wildman–Crippen MR) is 111 cm³/mol. The molecule has 26 heavy (non-hydrogen) atoms. The van der Waals surface area contributed by atoms with Gasteiger partial charge >= 0.3 is 0 Å². The molecule has 0 aromatic heterocycles. The van der Waals surface area contributed by atoms with E-state index < -0.39 is 0 Å². The topological polar surface area (TPSA) is 30.0 Å². The average molecular weight is 347 g/mol. The second-order valence-electron chi connectivity index (χ2n) is 6.67. The van der Waals surface area contributed by atoms with E-state index in [1.54, 1.807) is 12.1 Å². The first-order chi connectivity index (χ1) is 12.5. The number of nitrogens with zero attached hydrogens (tertiary/aromatic N) is 3. The Balaban J connectivity index is 2.05. The Labute approximate surface area is 155 Å². The first-order valence-corrected chi connectivity index (χ1v) is 8.59. The van der Waals surface area contributed by atoms with E-state index in [4.69, 9.17) is 0 Å². The van der Waals surface area contributed by atoms with Crippen LogP contribution >= 0.6 is 0 Å². The van der Waals surface area contributed by atoms with Crippen molar-refractivity contribution < 1.29 is 5.11 Å². The van der Waals surface area contributed by atoms with E-state index in [-0.39, 0.29) is 5.75 Å². The number of hydrogen-bond donors (Lipinski definition) is 1. The summed E-state index contributed by atoms with van der Waals surface area (Å²) in [6.07, 6.45) is 0. The molecule has 0 aliphatic rings. The molecule has 4 nitrogen and oxygen atoms in total.